The largest absolute Gasteiger partial charge is 0.397 e. The first-order chi connectivity index (χ1) is 5.52. The molecule has 0 aliphatic heterocycles. The van der Waals surface area contributed by atoms with E-state index in [-0.39, 0.29) is 0 Å². The third-order valence-corrected chi connectivity index (χ3v) is 1.80. The van der Waals surface area contributed by atoms with Crippen LogP contribution in [0.2, 0.25) is 5.02 Å². The number of aromatic nitrogens is 1. The second-order valence-electron chi connectivity index (χ2n) is 2.58. The van der Waals surface area contributed by atoms with E-state index in [4.69, 9.17) is 23.2 Å². The smallest absolute Gasteiger partial charge is 0.161 e. The molecule has 0 saturated heterocycles. The molecule has 4 nitrogen and oxygen atoms in total. The normalized spacial score (nSPS) is 10.0. The maximum absolute atomic E-state index is 5.83. The highest BCUT2D eigenvalue weighted by molar-refractivity contribution is 6.33. The highest BCUT2D eigenvalue weighted by Crippen LogP contribution is 2.24. The molecular formula is C7H11ClN4. The first kappa shape index (κ1) is 9.09. The molecular weight excluding hydrogens is 176 g/mol. The van der Waals surface area contributed by atoms with Gasteiger partial charge in [0.2, 0.25) is 0 Å². The Morgan fingerprint density at radius 1 is 1.58 bits per heavy atom. The number of nitrogens with zero attached hydrogens (tertiary/aromatic N) is 2. The highest BCUT2D eigenvalue weighted by Gasteiger charge is 2.06. The third-order valence-electron chi connectivity index (χ3n) is 1.52. The van der Waals surface area contributed by atoms with Crippen LogP contribution in [0.25, 0.3) is 0 Å². The molecule has 1 heterocycles. The lowest BCUT2D eigenvalue weighted by atomic mass is 10.3. The van der Waals surface area contributed by atoms with E-state index in [1.54, 1.807) is 20.0 Å². The van der Waals surface area contributed by atoms with E-state index in [2.05, 4.69) is 4.98 Å². The van der Waals surface area contributed by atoms with Crippen LogP contribution in [0.5, 0.6) is 0 Å². The summed E-state index contributed by atoms with van der Waals surface area (Å²) < 4.78 is 0. The van der Waals surface area contributed by atoms with Crippen molar-refractivity contribution in [2.24, 2.45) is 5.84 Å². The predicted octanol–water partition coefficient (Wildman–Crippen LogP) is 0.936. The van der Waals surface area contributed by atoms with Crippen molar-refractivity contribution in [2.45, 2.75) is 6.92 Å². The second-order valence-corrected chi connectivity index (χ2v) is 2.99. The van der Waals surface area contributed by atoms with Gasteiger partial charge in [-0.15, -0.1) is 0 Å². The molecule has 0 fully saturated rings. The van der Waals surface area contributed by atoms with E-state index in [1.165, 1.54) is 5.01 Å². The minimum atomic E-state index is 0.461. The summed E-state index contributed by atoms with van der Waals surface area (Å²) in [6, 6.07) is 1.64. The molecule has 0 radical (unpaired) electrons. The number of aryl methyl sites for hydroxylation is 1. The Morgan fingerprint density at radius 2 is 2.17 bits per heavy atom. The first-order valence-electron chi connectivity index (χ1n) is 3.43. The van der Waals surface area contributed by atoms with Gasteiger partial charge in [-0.1, -0.05) is 11.6 Å². The Bertz CT molecular complexity index is 298. The molecule has 5 heteroatoms. The Hall–Kier alpha value is -1.00. The maximum Gasteiger partial charge on any atom is 0.161 e. The fraction of sp³-hybridized carbons (Fsp3) is 0.286. The molecule has 0 aliphatic carbocycles. The van der Waals surface area contributed by atoms with Crippen molar-refractivity contribution in [3.8, 4) is 0 Å². The lowest BCUT2D eigenvalue weighted by molar-refractivity contribution is 0.967. The number of nitrogens with two attached hydrogens (primary N) is 2. The number of halogens is 1. The molecule has 0 aromatic carbocycles. The first-order valence-corrected chi connectivity index (χ1v) is 3.81. The summed E-state index contributed by atoms with van der Waals surface area (Å²) in [5.74, 6) is 6.01. The minimum absolute atomic E-state index is 0.461. The molecule has 0 spiro atoms. The zero-order valence-electron chi connectivity index (χ0n) is 7.00. The summed E-state index contributed by atoms with van der Waals surface area (Å²) in [7, 11) is 1.67. The standard InChI is InChI=1S/C7H11ClN4/c1-4-6(9)3-5(8)7(11-4)12(2)10/h3H,9-10H2,1-2H3. The molecule has 0 atom stereocenters. The second kappa shape index (κ2) is 3.16. The number of nitrogen functional groups attached to an aromatic ring is 1. The monoisotopic (exact) mass is 186 g/mol. The van der Waals surface area contributed by atoms with E-state index in [0.29, 0.717) is 16.5 Å². The Morgan fingerprint density at radius 3 is 2.67 bits per heavy atom. The topological polar surface area (TPSA) is 68.2 Å². The summed E-state index contributed by atoms with van der Waals surface area (Å²) >= 11 is 5.83. The van der Waals surface area contributed by atoms with Crippen LogP contribution in [0.15, 0.2) is 6.07 Å². The van der Waals surface area contributed by atoms with E-state index in [9.17, 15) is 0 Å². The number of pyridine rings is 1. The van der Waals surface area contributed by atoms with Gasteiger partial charge >= 0.3 is 0 Å². The minimum Gasteiger partial charge on any atom is -0.397 e. The van der Waals surface area contributed by atoms with Gasteiger partial charge in [-0.25, -0.2) is 10.8 Å². The summed E-state index contributed by atoms with van der Waals surface area (Å²) in [4.78, 5) is 4.12. The van der Waals surface area contributed by atoms with E-state index < -0.39 is 0 Å². The SMILES string of the molecule is Cc1nc(N(C)N)c(Cl)cc1N. The van der Waals surface area contributed by atoms with E-state index in [0.717, 1.165) is 5.69 Å². The third kappa shape index (κ3) is 1.60. The van der Waals surface area contributed by atoms with Crippen molar-refractivity contribution in [1.82, 2.24) is 4.98 Å². The Balaban J connectivity index is 3.23. The summed E-state index contributed by atoms with van der Waals surface area (Å²) in [5, 5.41) is 1.82. The van der Waals surface area contributed by atoms with Gasteiger partial charge < -0.3 is 5.73 Å². The van der Waals surface area contributed by atoms with Crippen molar-refractivity contribution in [3.63, 3.8) is 0 Å². The molecule has 66 valence electrons. The number of hydrazine groups is 1. The van der Waals surface area contributed by atoms with Gasteiger partial charge in [-0.3, -0.25) is 5.01 Å². The van der Waals surface area contributed by atoms with Gasteiger partial charge in [-0.05, 0) is 13.0 Å². The van der Waals surface area contributed by atoms with Crippen LogP contribution < -0.4 is 16.6 Å². The van der Waals surface area contributed by atoms with Gasteiger partial charge in [0.25, 0.3) is 0 Å². The molecule has 0 unspecified atom stereocenters. The number of rotatable bonds is 1. The van der Waals surface area contributed by atoms with Crippen molar-refractivity contribution >= 4 is 23.1 Å². The van der Waals surface area contributed by atoms with Crippen LogP contribution in [0.1, 0.15) is 5.69 Å². The highest BCUT2D eigenvalue weighted by atomic mass is 35.5. The summed E-state index contributed by atoms with van der Waals surface area (Å²) in [6.07, 6.45) is 0. The molecule has 0 saturated carbocycles. The molecule has 12 heavy (non-hydrogen) atoms. The lowest BCUT2D eigenvalue weighted by Crippen LogP contribution is -2.26. The number of hydrogen-bond donors (Lipinski definition) is 2. The summed E-state index contributed by atoms with van der Waals surface area (Å²) in [5.41, 5.74) is 6.89. The van der Waals surface area contributed by atoms with Crippen molar-refractivity contribution in [3.05, 3.63) is 16.8 Å². The zero-order valence-corrected chi connectivity index (χ0v) is 7.76. The van der Waals surface area contributed by atoms with E-state index in [1.807, 2.05) is 0 Å². The predicted molar refractivity (Wildman–Crippen MR) is 51.0 cm³/mol. The average Bonchev–Trinajstić information content (AvgIpc) is 1.96. The van der Waals surface area contributed by atoms with E-state index >= 15 is 0 Å². The van der Waals surface area contributed by atoms with Crippen LogP contribution >= 0.6 is 11.6 Å². The lowest BCUT2D eigenvalue weighted by Gasteiger charge is -2.13. The van der Waals surface area contributed by atoms with Crippen LogP contribution in [0, 0.1) is 6.92 Å². The number of hydrogen-bond acceptors (Lipinski definition) is 4. The van der Waals surface area contributed by atoms with Gasteiger partial charge in [0, 0.05) is 7.05 Å². The van der Waals surface area contributed by atoms with Crippen LogP contribution in [0.3, 0.4) is 0 Å². The molecule has 1 aromatic heterocycles. The van der Waals surface area contributed by atoms with Crippen molar-refractivity contribution in [2.75, 3.05) is 17.8 Å². The fourth-order valence-electron chi connectivity index (χ4n) is 0.830. The molecule has 0 aliphatic rings. The summed E-state index contributed by atoms with van der Waals surface area (Å²) in [6.45, 7) is 1.80. The van der Waals surface area contributed by atoms with Crippen LogP contribution in [0.4, 0.5) is 11.5 Å². The zero-order chi connectivity index (χ0) is 9.30. The molecule has 1 rings (SSSR count). The van der Waals surface area contributed by atoms with Gasteiger partial charge in [0.15, 0.2) is 5.82 Å². The van der Waals surface area contributed by atoms with Gasteiger partial charge in [0.1, 0.15) is 0 Å². The van der Waals surface area contributed by atoms with Crippen LogP contribution in [-0.2, 0) is 0 Å². The molecule has 0 bridgehead atoms. The maximum atomic E-state index is 5.83. The molecule has 0 amide bonds. The Labute approximate surface area is 76.1 Å². The quantitative estimate of drug-likeness (QED) is 0.506. The average molecular weight is 187 g/mol. The Kier molecular flexibility index (Phi) is 2.40. The van der Waals surface area contributed by atoms with Crippen molar-refractivity contribution < 1.29 is 0 Å². The van der Waals surface area contributed by atoms with Crippen LogP contribution in [-0.4, -0.2) is 12.0 Å². The van der Waals surface area contributed by atoms with Gasteiger partial charge in [-0.2, -0.15) is 0 Å². The van der Waals surface area contributed by atoms with Gasteiger partial charge in [0.05, 0.1) is 16.4 Å². The molecule has 1 aromatic rings. The molecule has 4 N–H and O–H groups in total. The number of anilines is 2. The van der Waals surface area contributed by atoms with Crippen molar-refractivity contribution in [1.29, 1.82) is 0 Å². The fourth-order valence-corrected chi connectivity index (χ4v) is 1.12.